The van der Waals surface area contributed by atoms with Crippen LogP contribution in [-0.2, 0) is 0 Å². The maximum absolute atomic E-state index is 12.7. The summed E-state index contributed by atoms with van der Waals surface area (Å²) >= 11 is 0. The minimum absolute atomic E-state index is 0.0140. The lowest BCUT2D eigenvalue weighted by atomic mass is 10.0. The van der Waals surface area contributed by atoms with Crippen molar-refractivity contribution >= 4 is 5.91 Å². The van der Waals surface area contributed by atoms with Crippen LogP contribution in [0.3, 0.4) is 0 Å². The van der Waals surface area contributed by atoms with Gasteiger partial charge in [-0.25, -0.2) is 4.79 Å². The highest BCUT2D eigenvalue weighted by Crippen LogP contribution is 2.21. The number of likely N-dealkylation sites (tertiary alicyclic amines) is 1. The maximum atomic E-state index is 12.7. The number of benzene rings is 1. The molecule has 1 fully saturated rings. The van der Waals surface area contributed by atoms with Crippen molar-refractivity contribution in [3.05, 3.63) is 56.9 Å². The van der Waals surface area contributed by atoms with E-state index < -0.39 is 11.2 Å². The van der Waals surface area contributed by atoms with Crippen molar-refractivity contribution in [2.45, 2.75) is 32.2 Å². The molecular formula is C17H19N3O3. The van der Waals surface area contributed by atoms with E-state index in [0.717, 1.165) is 25.8 Å². The van der Waals surface area contributed by atoms with Crippen LogP contribution in [0.1, 0.15) is 36.5 Å². The first-order valence-corrected chi connectivity index (χ1v) is 7.79. The number of nitrogens with one attached hydrogen (secondary N) is 2. The van der Waals surface area contributed by atoms with Gasteiger partial charge in [-0.05, 0) is 43.9 Å². The fourth-order valence-electron chi connectivity index (χ4n) is 3.01. The van der Waals surface area contributed by atoms with E-state index in [0.29, 0.717) is 16.7 Å². The van der Waals surface area contributed by atoms with Crippen molar-refractivity contribution in [2.75, 3.05) is 6.54 Å². The van der Waals surface area contributed by atoms with Gasteiger partial charge in [0.25, 0.3) is 11.5 Å². The number of rotatable bonds is 2. The highest BCUT2D eigenvalue weighted by molar-refractivity contribution is 5.95. The van der Waals surface area contributed by atoms with Crippen LogP contribution in [0.25, 0.3) is 11.1 Å². The van der Waals surface area contributed by atoms with Crippen molar-refractivity contribution in [1.82, 2.24) is 14.9 Å². The van der Waals surface area contributed by atoms with Crippen LogP contribution in [0.2, 0.25) is 0 Å². The van der Waals surface area contributed by atoms with Gasteiger partial charge in [0.05, 0.1) is 5.56 Å². The van der Waals surface area contributed by atoms with Crippen LogP contribution in [0.15, 0.2) is 40.1 Å². The zero-order valence-electron chi connectivity index (χ0n) is 13.0. The summed E-state index contributed by atoms with van der Waals surface area (Å²) in [6, 6.07) is 7.19. The number of hydrogen-bond acceptors (Lipinski definition) is 3. The van der Waals surface area contributed by atoms with E-state index in [-0.39, 0.29) is 11.9 Å². The molecule has 0 aliphatic carbocycles. The topological polar surface area (TPSA) is 86.0 Å². The van der Waals surface area contributed by atoms with Crippen LogP contribution >= 0.6 is 0 Å². The molecule has 1 saturated heterocycles. The Labute approximate surface area is 133 Å². The standard InChI is InChI=1S/C17H19N3O3/c1-11-5-2-3-8-20(11)16(22)13-7-4-6-12(9-13)14-10-18-17(23)19-15(14)21/h4,6-7,9-11H,2-3,5,8H2,1H3,(H2,18,19,21,23)/t11-/m0/s1. The number of carbonyl (C=O) groups excluding carboxylic acids is 1. The number of hydrogen-bond donors (Lipinski definition) is 2. The van der Waals surface area contributed by atoms with Gasteiger partial charge in [-0.2, -0.15) is 0 Å². The molecule has 0 saturated carbocycles. The monoisotopic (exact) mass is 313 g/mol. The number of piperidine rings is 1. The molecule has 23 heavy (non-hydrogen) atoms. The van der Waals surface area contributed by atoms with Crippen molar-refractivity contribution in [1.29, 1.82) is 0 Å². The summed E-state index contributed by atoms with van der Waals surface area (Å²) in [5, 5.41) is 0. The molecule has 6 heteroatoms. The first kappa shape index (κ1) is 15.3. The summed E-state index contributed by atoms with van der Waals surface area (Å²) in [4.78, 5) is 42.3. The summed E-state index contributed by atoms with van der Waals surface area (Å²) in [6.07, 6.45) is 4.56. The molecular weight excluding hydrogens is 294 g/mol. The number of amides is 1. The lowest BCUT2D eigenvalue weighted by molar-refractivity contribution is 0.0635. The quantitative estimate of drug-likeness (QED) is 0.885. The summed E-state index contributed by atoms with van der Waals surface area (Å²) in [5.41, 5.74) is 0.489. The molecule has 0 radical (unpaired) electrons. The lowest BCUT2D eigenvalue weighted by Crippen LogP contribution is -2.42. The van der Waals surface area contributed by atoms with E-state index in [9.17, 15) is 14.4 Å². The summed E-state index contributed by atoms with van der Waals surface area (Å²) < 4.78 is 0. The summed E-state index contributed by atoms with van der Waals surface area (Å²) in [5.74, 6) is -0.0140. The molecule has 2 heterocycles. The zero-order chi connectivity index (χ0) is 16.4. The molecule has 1 aromatic heterocycles. The van der Waals surface area contributed by atoms with E-state index in [1.54, 1.807) is 24.3 Å². The Kier molecular flexibility index (Phi) is 4.14. The van der Waals surface area contributed by atoms with Gasteiger partial charge in [0, 0.05) is 24.3 Å². The van der Waals surface area contributed by atoms with Crippen molar-refractivity contribution in [3.63, 3.8) is 0 Å². The zero-order valence-corrected chi connectivity index (χ0v) is 13.0. The molecule has 1 aromatic carbocycles. The van der Waals surface area contributed by atoms with E-state index in [4.69, 9.17) is 0 Å². The third-order valence-electron chi connectivity index (χ3n) is 4.30. The molecule has 3 rings (SSSR count). The largest absolute Gasteiger partial charge is 0.336 e. The van der Waals surface area contributed by atoms with Crippen LogP contribution in [0.4, 0.5) is 0 Å². The van der Waals surface area contributed by atoms with Crippen LogP contribution in [0.5, 0.6) is 0 Å². The van der Waals surface area contributed by atoms with E-state index in [1.165, 1.54) is 6.20 Å². The van der Waals surface area contributed by atoms with Crippen molar-refractivity contribution in [3.8, 4) is 11.1 Å². The molecule has 6 nitrogen and oxygen atoms in total. The van der Waals surface area contributed by atoms with Gasteiger partial charge in [0.1, 0.15) is 0 Å². The Hall–Kier alpha value is -2.63. The maximum Gasteiger partial charge on any atom is 0.325 e. The fraction of sp³-hybridized carbons (Fsp3) is 0.353. The van der Waals surface area contributed by atoms with Crippen LogP contribution in [0, 0.1) is 0 Å². The second-order valence-corrected chi connectivity index (χ2v) is 5.91. The Morgan fingerprint density at radius 1 is 1.26 bits per heavy atom. The average molecular weight is 313 g/mol. The summed E-state index contributed by atoms with van der Waals surface area (Å²) in [6.45, 7) is 2.83. The smallest absolute Gasteiger partial charge is 0.325 e. The SMILES string of the molecule is C[C@H]1CCCCN1C(=O)c1cccc(-c2c[nH]c(=O)[nH]c2=O)c1. The number of aromatic nitrogens is 2. The molecule has 1 atom stereocenters. The first-order chi connectivity index (χ1) is 11.1. The van der Waals surface area contributed by atoms with E-state index in [1.807, 2.05) is 4.90 Å². The molecule has 2 N–H and O–H groups in total. The molecule has 0 unspecified atom stereocenters. The number of carbonyl (C=O) groups is 1. The average Bonchev–Trinajstić information content (AvgIpc) is 2.55. The molecule has 0 spiro atoms. The summed E-state index contributed by atoms with van der Waals surface area (Å²) in [7, 11) is 0. The van der Waals surface area contributed by atoms with Crippen molar-refractivity contribution < 1.29 is 4.79 Å². The van der Waals surface area contributed by atoms with E-state index in [2.05, 4.69) is 16.9 Å². The second-order valence-electron chi connectivity index (χ2n) is 5.91. The molecule has 0 bridgehead atoms. The third kappa shape index (κ3) is 3.11. The predicted molar refractivity (Wildman–Crippen MR) is 87.5 cm³/mol. The van der Waals surface area contributed by atoms with Crippen LogP contribution < -0.4 is 11.2 Å². The Bertz CT molecular complexity index is 837. The molecule has 1 aliphatic heterocycles. The van der Waals surface area contributed by atoms with Gasteiger partial charge < -0.3 is 9.88 Å². The highest BCUT2D eigenvalue weighted by Gasteiger charge is 2.24. The first-order valence-electron chi connectivity index (χ1n) is 7.79. The lowest BCUT2D eigenvalue weighted by Gasteiger charge is -2.33. The Morgan fingerprint density at radius 3 is 2.83 bits per heavy atom. The van der Waals surface area contributed by atoms with Gasteiger partial charge in [0.15, 0.2) is 0 Å². The Balaban J connectivity index is 1.95. The molecule has 120 valence electrons. The second kappa shape index (κ2) is 6.24. The molecule has 1 aliphatic rings. The third-order valence-corrected chi connectivity index (χ3v) is 4.30. The fourth-order valence-corrected chi connectivity index (χ4v) is 3.01. The minimum Gasteiger partial charge on any atom is -0.336 e. The number of H-pyrrole nitrogens is 2. The Morgan fingerprint density at radius 2 is 2.09 bits per heavy atom. The predicted octanol–water partition coefficient (Wildman–Crippen LogP) is 1.74. The number of nitrogens with zero attached hydrogens (tertiary/aromatic N) is 1. The van der Waals surface area contributed by atoms with E-state index >= 15 is 0 Å². The molecule has 1 amide bonds. The van der Waals surface area contributed by atoms with Gasteiger partial charge in [-0.3, -0.25) is 14.6 Å². The number of aromatic amines is 2. The van der Waals surface area contributed by atoms with Gasteiger partial charge in [-0.15, -0.1) is 0 Å². The van der Waals surface area contributed by atoms with Gasteiger partial charge >= 0.3 is 5.69 Å². The van der Waals surface area contributed by atoms with Crippen LogP contribution in [-0.4, -0.2) is 33.4 Å². The molecule has 2 aromatic rings. The van der Waals surface area contributed by atoms with Gasteiger partial charge in [-0.1, -0.05) is 12.1 Å². The highest BCUT2D eigenvalue weighted by atomic mass is 16.2. The van der Waals surface area contributed by atoms with Gasteiger partial charge in [0.2, 0.25) is 0 Å². The van der Waals surface area contributed by atoms with Crippen molar-refractivity contribution in [2.24, 2.45) is 0 Å². The normalized spacial score (nSPS) is 18.0. The minimum atomic E-state index is -0.548.